The Balaban J connectivity index is 0.00000576. The summed E-state index contributed by atoms with van der Waals surface area (Å²) >= 11 is 0. The summed E-state index contributed by atoms with van der Waals surface area (Å²) in [5.41, 5.74) is 2.56. The average molecular weight is 462 g/mol. The van der Waals surface area contributed by atoms with Crippen LogP contribution in [0.15, 0.2) is 23.5 Å². The van der Waals surface area contributed by atoms with Crippen LogP contribution in [0.2, 0.25) is 0 Å². The van der Waals surface area contributed by atoms with Gasteiger partial charge in [-0.3, -0.25) is 9.98 Å². The Kier molecular flexibility index (Phi) is 13.8. The third-order valence-electron chi connectivity index (χ3n) is 3.98. The quantitative estimate of drug-likeness (QED) is 0.317. The monoisotopic (exact) mass is 462 g/mol. The molecule has 1 aromatic rings. The summed E-state index contributed by atoms with van der Waals surface area (Å²) in [7, 11) is 0. The summed E-state index contributed by atoms with van der Waals surface area (Å²) in [6.45, 7) is 13.9. The van der Waals surface area contributed by atoms with Gasteiger partial charge in [0.05, 0.1) is 6.10 Å². The van der Waals surface area contributed by atoms with Gasteiger partial charge in [-0.05, 0) is 56.7 Å². The third-order valence-corrected chi connectivity index (χ3v) is 3.98. The fourth-order valence-electron chi connectivity index (χ4n) is 2.57. The summed E-state index contributed by atoms with van der Waals surface area (Å²) < 4.78 is 5.78. The normalized spacial score (nSPS) is 12.6. The minimum Gasteiger partial charge on any atom is -0.378 e. The third kappa shape index (κ3) is 9.99. The zero-order valence-electron chi connectivity index (χ0n) is 16.3. The van der Waals surface area contributed by atoms with Crippen LogP contribution < -0.4 is 10.6 Å². The van der Waals surface area contributed by atoms with Crippen molar-refractivity contribution in [3.05, 3.63) is 29.6 Å². The highest BCUT2D eigenvalue weighted by Crippen LogP contribution is 2.10. The Morgan fingerprint density at radius 2 is 2.04 bits per heavy atom. The van der Waals surface area contributed by atoms with Crippen LogP contribution in [0.1, 0.15) is 45.2 Å². The van der Waals surface area contributed by atoms with Gasteiger partial charge < -0.3 is 15.4 Å². The summed E-state index contributed by atoms with van der Waals surface area (Å²) in [4.78, 5) is 8.81. The summed E-state index contributed by atoms with van der Waals surface area (Å²) in [5, 5.41) is 6.71. The number of hydrogen-bond acceptors (Lipinski definition) is 3. The molecule has 1 unspecified atom stereocenters. The number of aromatic nitrogens is 1. The van der Waals surface area contributed by atoms with Crippen LogP contribution in [0.5, 0.6) is 0 Å². The van der Waals surface area contributed by atoms with E-state index in [1.165, 1.54) is 11.1 Å². The van der Waals surface area contributed by atoms with Crippen LogP contribution in [0, 0.1) is 12.8 Å². The van der Waals surface area contributed by atoms with E-state index in [0.717, 1.165) is 45.0 Å². The molecule has 1 atom stereocenters. The molecule has 0 radical (unpaired) electrons. The van der Waals surface area contributed by atoms with Gasteiger partial charge in [0, 0.05) is 38.6 Å². The number of halogens is 1. The van der Waals surface area contributed by atoms with Gasteiger partial charge in [0.2, 0.25) is 0 Å². The van der Waals surface area contributed by atoms with Crippen molar-refractivity contribution >= 4 is 29.9 Å². The van der Waals surface area contributed by atoms with Crippen molar-refractivity contribution in [3.8, 4) is 0 Å². The van der Waals surface area contributed by atoms with Crippen LogP contribution in [0.25, 0.3) is 0 Å². The molecule has 1 aromatic heterocycles. The second-order valence-electron chi connectivity index (χ2n) is 6.27. The highest BCUT2D eigenvalue weighted by Gasteiger charge is 2.12. The number of nitrogens with zero attached hydrogens (tertiary/aromatic N) is 2. The molecule has 0 aromatic carbocycles. The van der Waals surface area contributed by atoms with E-state index in [4.69, 9.17) is 4.74 Å². The molecule has 0 spiro atoms. The first-order chi connectivity index (χ1) is 11.6. The van der Waals surface area contributed by atoms with Crippen LogP contribution in [0.3, 0.4) is 0 Å². The van der Waals surface area contributed by atoms with Gasteiger partial charge in [-0.25, -0.2) is 0 Å². The maximum absolute atomic E-state index is 5.78. The van der Waals surface area contributed by atoms with Crippen molar-refractivity contribution < 1.29 is 4.74 Å². The molecule has 5 nitrogen and oxygen atoms in total. The largest absolute Gasteiger partial charge is 0.378 e. The molecule has 25 heavy (non-hydrogen) atoms. The zero-order chi connectivity index (χ0) is 17.8. The van der Waals surface area contributed by atoms with Crippen molar-refractivity contribution in [3.63, 3.8) is 0 Å². The van der Waals surface area contributed by atoms with Crippen molar-refractivity contribution in [1.29, 1.82) is 0 Å². The van der Waals surface area contributed by atoms with Crippen LogP contribution in [-0.4, -0.2) is 43.3 Å². The molecule has 1 heterocycles. The van der Waals surface area contributed by atoms with Crippen molar-refractivity contribution in [2.24, 2.45) is 10.9 Å². The van der Waals surface area contributed by atoms with Gasteiger partial charge in [0.15, 0.2) is 5.96 Å². The van der Waals surface area contributed by atoms with E-state index in [0.29, 0.717) is 5.92 Å². The first-order valence-electron chi connectivity index (χ1n) is 9.11. The number of aliphatic imine (C=N–C) groups is 1. The molecule has 0 aliphatic carbocycles. The fourth-order valence-corrected chi connectivity index (χ4v) is 2.57. The lowest BCUT2D eigenvalue weighted by Gasteiger charge is -2.20. The van der Waals surface area contributed by atoms with E-state index in [1.807, 2.05) is 19.3 Å². The van der Waals surface area contributed by atoms with Gasteiger partial charge in [0.1, 0.15) is 0 Å². The number of guanidine groups is 1. The average Bonchev–Trinajstić information content (AvgIpc) is 2.55. The molecular formula is C19H35IN4O. The molecule has 6 heteroatoms. The van der Waals surface area contributed by atoms with Gasteiger partial charge in [-0.15, -0.1) is 24.0 Å². The SMILES string of the molecule is CCNC(=NCCC(OCC)C(C)C)NCCc1ccncc1C.I. The van der Waals surface area contributed by atoms with E-state index in [9.17, 15) is 0 Å². The Hall–Kier alpha value is -0.890. The molecule has 0 bridgehead atoms. The number of pyridine rings is 1. The number of rotatable bonds is 10. The molecule has 0 saturated carbocycles. The first-order valence-corrected chi connectivity index (χ1v) is 9.11. The maximum Gasteiger partial charge on any atom is 0.191 e. The summed E-state index contributed by atoms with van der Waals surface area (Å²) in [6.07, 6.45) is 5.95. The van der Waals surface area contributed by atoms with E-state index >= 15 is 0 Å². The lowest BCUT2D eigenvalue weighted by atomic mass is 10.0. The fraction of sp³-hybridized carbons (Fsp3) is 0.684. The van der Waals surface area contributed by atoms with Crippen molar-refractivity contribution in [1.82, 2.24) is 15.6 Å². The van der Waals surface area contributed by atoms with E-state index in [1.54, 1.807) is 0 Å². The van der Waals surface area contributed by atoms with Crippen LogP contribution in [-0.2, 0) is 11.2 Å². The second kappa shape index (κ2) is 14.3. The topological polar surface area (TPSA) is 58.5 Å². The minimum atomic E-state index is 0. The molecule has 144 valence electrons. The molecule has 0 aliphatic heterocycles. The number of nitrogens with one attached hydrogen (secondary N) is 2. The van der Waals surface area contributed by atoms with Gasteiger partial charge in [-0.2, -0.15) is 0 Å². The van der Waals surface area contributed by atoms with Crippen molar-refractivity contribution in [2.45, 2.75) is 53.6 Å². The Labute approximate surface area is 170 Å². The first kappa shape index (κ1) is 24.1. The van der Waals surface area contributed by atoms with E-state index in [-0.39, 0.29) is 30.1 Å². The minimum absolute atomic E-state index is 0. The highest BCUT2D eigenvalue weighted by molar-refractivity contribution is 14.0. The number of aryl methyl sites for hydroxylation is 1. The summed E-state index contributed by atoms with van der Waals surface area (Å²) in [6, 6.07) is 2.08. The molecule has 1 rings (SSSR count). The van der Waals surface area contributed by atoms with Crippen LogP contribution in [0.4, 0.5) is 0 Å². The molecule has 0 amide bonds. The second-order valence-corrected chi connectivity index (χ2v) is 6.27. The number of hydrogen-bond donors (Lipinski definition) is 2. The standard InChI is InChI=1S/C19H34N4O.HI/c1-6-21-19(23-13-10-18(15(3)4)24-7-2)22-12-9-17-8-11-20-14-16(17)5;/h8,11,14-15,18H,6-7,9-10,12-13H2,1-5H3,(H2,21,22,23);1H. The smallest absolute Gasteiger partial charge is 0.191 e. The van der Waals surface area contributed by atoms with Gasteiger partial charge in [0.25, 0.3) is 0 Å². The molecule has 0 fully saturated rings. The van der Waals surface area contributed by atoms with E-state index < -0.39 is 0 Å². The molecular weight excluding hydrogens is 427 g/mol. The van der Waals surface area contributed by atoms with Crippen molar-refractivity contribution in [2.75, 3.05) is 26.2 Å². The van der Waals surface area contributed by atoms with E-state index in [2.05, 4.69) is 54.4 Å². The maximum atomic E-state index is 5.78. The molecule has 2 N–H and O–H groups in total. The predicted octanol–water partition coefficient (Wildman–Crippen LogP) is 3.56. The van der Waals surface area contributed by atoms with Gasteiger partial charge in [-0.1, -0.05) is 13.8 Å². The number of ether oxygens (including phenoxy) is 1. The Bertz CT molecular complexity index is 494. The Morgan fingerprint density at radius 3 is 2.64 bits per heavy atom. The lowest BCUT2D eigenvalue weighted by molar-refractivity contribution is 0.0266. The molecule has 0 aliphatic rings. The Morgan fingerprint density at radius 1 is 1.28 bits per heavy atom. The molecule has 0 saturated heterocycles. The highest BCUT2D eigenvalue weighted by atomic mass is 127. The van der Waals surface area contributed by atoms with Gasteiger partial charge >= 0.3 is 0 Å². The summed E-state index contributed by atoms with van der Waals surface area (Å²) in [5.74, 6) is 1.40. The predicted molar refractivity (Wildman–Crippen MR) is 117 cm³/mol. The lowest BCUT2D eigenvalue weighted by Crippen LogP contribution is -2.38. The zero-order valence-corrected chi connectivity index (χ0v) is 18.7. The van der Waals surface area contributed by atoms with Crippen LogP contribution >= 0.6 is 24.0 Å².